The lowest BCUT2D eigenvalue weighted by atomic mass is 9.92. The number of hydrogen-bond donors (Lipinski definition) is 2. The van der Waals surface area contributed by atoms with Gasteiger partial charge in [-0.15, -0.1) is 0 Å². The number of hydrogen-bond acceptors (Lipinski definition) is 2. The molecule has 2 aromatic carbocycles. The highest BCUT2D eigenvalue weighted by molar-refractivity contribution is 7.89. The van der Waals surface area contributed by atoms with Crippen LogP contribution in [0.1, 0.15) is 43.0 Å². The van der Waals surface area contributed by atoms with E-state index in [2.05, 4.69) is 23.6 Å². The molecule has 0 bridgehead atoms. The molecule has 0 amide bonds. The molecule has 1 aromatic heterocycles. The molecule has 1 aliphatic carbocycles. The van der Waals surface area contributed by atoms with Gasteiger partial charge in [0.1, 0.15) is 5.82 Å². The molecule has 4 nitrogen and oxygen atoms in total. The van der Waals surface area contributed by atoms with Gasteiger partial charge in [0, 0.05) is 22.6 Å². The Bertz CT molecular complexity index is 1090. The average Bonchev–Trinajstić information content (AvgIpc) is 2.99. The second-order valence-electron chi connectivity index (χ2n) is 7.56. The summed E-state index contributed by atoms with van der Waals surface area (Å²) in [6, 6.07) is 11.5. The first-order valence-electron chi connectivity index (χ1n) is 9.25. The topological polar surface area (TPSA) is 62.0 Å². The zero-order chi connectivity index (χ0) is 19.2. The zero-order valence-electron chi connectivity index (χ0n) is 15.4. The molecule has 27 heavy (non-hydrogen) atoms. The molecule has 1 heterocycles. The summed E-state index contributed by atoms with van der Waals surface area (Å²) in [4.78, 5) is 3.61. The van der Waals surface area contributed by atoms with Gasteiger partial charge in [0.05, 0.1) is 4.90 Å². The van der Waals surface area contributed by atoms with Crippen LogP contribution in [0.15, 0.2) is 47.4 Å². The van der Waals surface area contributed by atoms with Crippen LogP contribution < -0.4 is 4.72 Å². The zero-order valence-corrected chi connectivity index (χ0v) is 16.2. The van der Waals surface area contributed by atoms with E-state index in [-0.39, 0.29) is 16.8 Å². The molecule has 0 spiro atoms. The van der Waals surface area contributed by atoms with Crippen LogP contribution in [0, 0.1) is 5.82 Å². The summed E-state index contributed by atoms with van der Waals surface area (Å²) in [5, 5.41) is 0.843. The predicted molar refractivity (Wildman–Crippen MR) is 105 cm³/mol. The third kappa shape index (κ3) is 3.51. The van der Waals surface area contributed by atoms with Crippen molar-refractivity contribution in [3.63, 3.8) is 0 Å². The Kier molecular flexibility index (Phi) is 4.56. The summed E-state index contributed by atoms with van der Waals surface area (Å²) in [5.74, 6) is 0.0750. The molecule has 1 unspecified atom stereocenters. The molecule has 4 rings (SSSR count). The van der Waals surface area contributed by atoms with Crippen LogP contribution >= 0.6 is 0 Å². The highest BCUT2D eigenvalue weighted by Crippen LogP contribution is 2.30. The Hall–Kier alpha value is -2.18. The molecule has 142 valence electrons. The van der Waals surface area contributed by atoms with Crippen LogP contribution in [-0.2, 0) is 22.9 Å². The third-order valence-corrected chi connectivity index (χ3v) is 6.87. The molecule has 2 N–H and O–H groups in total. The number of sulfonamides is 1. The molecule has 1 aliphatic rings. The number of aromatic amines is 1. The fraction of sp³-hybridized carbons (Fsp3) is 0.333. The number of halogens is 1. The van der Waals surface area contributed by atoms with Crippen molar-refractivity contribution < 1.29 is 12.8 Å². The van der Waals surface area contributed by atoms with Gasteiger partial charge in [-0.05, 0) is 66.6 Å². The Morgan fingerprint density at radius 3 is 2.59 bits per heavy atom. The molecule has 0 saturated carbocycles. The summed E-state index contributed by atoms with van der Waals surface area (Å²) < 4.78 is 42.0. The smallest absolute Gasteiger partial charge is 0.240 e. The number of benzene rings is 2. The summed E-state index contributed by atoms with van der Waals surface area (Å²) in [6.45, 7) is 4.15. The number of fused-ring (bicyclic) bond motifs is 3. The van der Waals surface area contributed by atoms with Crippen molar-refractivity contribution in [3.05, 3.63) is 65.1 Å². The average molecular weight is 386 g/mol. The van der Waals surface area contributed by atoms with E-state index in [1.165, 1.54) is 12.1 Å². The minimum atomic E-state index is -3.58. The summed E-state index contributed by atoms with van der Waals surface area (Å²) in [7, 11) is -3.58. The maximum atomic E-state index is 13.6. The Morgan fingerprint density at radius 1 is 1.15 bits per heavy atom. The summed E-state index contributed by atoms with van der Waals surface area (Å²) in [6.07, 6.45) is 2.01. The lowest BCUT2D eigenvalue weighted by molar-refractivity contribution is 0.506. The first kappa shape index (κ1) is 18.2. The normalized spacial score (nSPS) is 17.4. The molecular weight excluding hydrogens is 363 g/mol. The molecule has 0 aliphatic heterocycles. The van der Waals surface area contributed by atoms with E-state index in [9.17, 15) is 12.8 Å². The fourth-order valence-corrected chi connectivity index (χ4v) is 5.08. The number of rotatable bonds is 4. The molecule has 1 atom stereocenters. The van der Waals surface area contributed by atoms with Crippen molar-refractivity contribution in [3.8, 4) is 0 Å². The quantitative estimate of drug-likeness (QED) is 0.704. The van der Waals surface area contributed by atoms with Gasteiger partial charge in [0.25, 0.3) is 0 Å². The van der Waals surface area contributed by atoms with Gasteiger partial charge in [0.15, 0.2) is 0 Å². The van der Waals surface area contributed by atoms with Crippen molar-refractivity contribution in [1.29, 1.82) is 0 Å². The Labute approximate surface area is 158 Å². The number of nitrogens with one attached hydrogen (secondary N) is 2. The van der Waals surface area contributed by atoms with Gasteiger partial charge in [-0.2, -0.15) is 0 Å². The minimum Gasteiger partial charge on any atom is -0.358 e. The SMILES string of the molecule is CC(C)c1ccc(S(=O)(=O)NC2CCc3[nH]c4ccc(F)cc4c3C2)cc1. The molecule has 3 aromatic rings. The van der Waals surface area contributed by atoms with Crippen molar-refractivity contribution in [2.75, 3.05) is 0 Å². The van der Waals surface area contributed by atoms with Crippen molar-refractivity contribution in [2.45, 2.75) is 50.0 Å². The van der Waals surface area contributed by atoms with E-state index in [0.29, 0.717) is 18.8 Å². The standard InChI is InChI=1S/C21H23FN2O2S/c1-13(2)14-3-7-17(8-4-14)27(25,26)24-16-6-10-21-19(12-16)18-11-15(22)5-9-20(18)23-21/h3-5,7-9,11,13,16,23-24H,6,10,12H2,1-2H3. The van der Waals surface area contributed by atoms with Crippen LogP contribution in [0.25, 0.3) is 10.9 Å². The van der Waals surface area contributed by atoms with Crippen LogP contribution in [0.5, 0.6) is 0 Å². The van der Waals surface area contributed by atoms with Gasteiger partial charge in [-0.1, -0.05) is 26.0 Å². The van der Waals surface area contributed by atoms with E-state index < -0.39 is 10.0 Å². The van der Waals surface area contributed by atoms with Crippen molar-refractivity contribution in [2.24, 2.45) is 0 Å². The maximum Gasteiger partial charge on any atom is 0.240 e. The van der Waals surface area contributed by atoms with Gasteiger partial charge in [-0.25, -0.2) is 17.5 Å². The number of aryl methyl sites for hydroxylation is 1. The molecule has 0 saturated heterocycles. The molecule has 0 fully saturated rings. The first-order chi connectivity index (χ1) is 12.8. The van der Waals surface area contributed by atoms with Gasteiger partial charge in [-0.3, -0.25) is 0 Å². The van der Waals surface area contributed by atoms with E-state index in [4.69, 9.17) is 0 Å². The fourth-order valence-electron chi connectivity index (χ4n) is 3.81. The van der Waals surface area contributed by atoms with Crippen molar-refractivity contribution in [1.82, 2.24) is 9.71 Å². The van der Waals surface area contributed by atoms with E-state index >= 15 is 0 Å². The van der Waals surface area contributed by atoms with Crippen LogP contribution in [-0.4, -0.2) is 19.4 Å². The first-order valence-corrected chi connectivity index (χ1v) is 10.7. The van der Waals surface area contributed by atoms with E-state index in [0.717, 1.165) is 34.1 Å². The highest BCUT2D eigenvalue weighted by Gasteiger charge is 2.27. The summed E-state index contributed by atoms with van der Waals surface area (Å²) in [5.41, 5.74) is 4.09. The monoisotopic (exact) mass is 386 g/mol. The largest absolute Gasteiger partial charge is 0.358 e. The maximum absolute atomic E-state index is 13.6. The van der Waals surface area contributed by atoms with Gasteiger partial charge < -0.3 is 4.98 Å². The summed E-state index contributed by atoms with van der Waals surface area (Å²) >= 11 is 0. The minimum absolute atomic E-state index is 0.199. The van der Waals surface area contributed by atoms with Gasteiger partial charge >= 0.3 is 0 Å². The highest BCUT2D eigenvalue weighted by atomic mass is 32.2. The molecule has 6 heteroatoms. The predicted octanol–water partition coefficient (Wildman–Crippen LogP) is 4.27. The molecule has 0 radical (unpaired) electrons. The van der Waals surface area contributed by atoms with Gasteiger partial charge in [0.2, 0.25) is 10.0 Å². The second kappa shape index (κ2) is 6.77. The van der Waals surface area contributed by atoms with Crippen LogP contribution in [0.2, 0.25) is 0 Å². The van der Waals surface area contributed by atoms with Crippen LogP contribution in [0.3, 0.4) is 0 Å². The Morgan fingerprint density at radius 2 is 1.89 bits per heavy atom. The molecular formula is C21H23FN2O2S. The Balaban J connectivity index is 1.57. The third-order valence-electron chi connectivity index (χ3n) is 5.33. The van der Waals surface area contributed by atoms with E-state index in [1.807, 2.05) is 12.1 Å². The second-order valence-corrected chi connectivity index (χ2v) is 9.27. The van der Waals surface area contributed by atoms with Crippen molar-refractivity contribution >= 4 is 20.9 Å². The lowest BCUT2D eigenvalue weighted by Crippen LogP contribution is -2.38. The van der Waals surface area contributed by atoms with Crippen LogP contribution in [0.4, 0.5) is 4.39 Å². The number of aromatic nitrogens is 1. The lowest BCUT2D eigenvalue weighted by Gasteiger charge is -2.23. The number of H-pyrrole nitrogens is 1. The van der Waals surface area contributed by atoms with E-state index in [1.54, 1.807) is 18.2 Å².